The highest BCUT2D eigenvalue weighted by atomic mass is 16.5. The van der Waals surface area contributed by atoms with Gasteiger partial charge in [-0.3, -0.25) is 4.79 Å². The molecule has 20 heavy (non-hydrogen) atoms. The van der Waals surface area contributed by atoms with Gasteiger partial charge in [0.25, 0.3) is 0 Å². The molecule has 0 amide bonds. The van der Waals surface area contributed by atoms with Crippen molar-refractivity contribution in [1.29, 1.82) is 0 Å². The normalized spacial score (nSPS) is 11.9. The quantitative estimate of drug-likeness (QED) is 0.706. The zero-order valence-corrected chi connectivity index (χ0v) is 12.6. The second-order valence-electron chi connectivity index (χ2n) is 4.48. The van der Waals surface area contributed by atoms with Gasteiger partial charge in [0.2, 0.25) is 0 Å². The number of hydrogen-bond donors (Lipinski definition) is 1. The molecule has 4 nitrogen and oxygen atoms in total. The Morgan fingerprint density at radius 2 is 1.85 bits per heavy atom. The maximum atomic E-state index is 11.8. The third-order valence-corrected chi connectivity index (χ3v) is 2.98. The summed E-state index contributed by atoms with van der Waals surface area (Å²) in [6.07, 6.45) is 1.57. The summed E-state index contributed by atoms with van der Waals surface area (Å²) in [5.74, 6) is 0.713. The van der Waals surface area contributed by atoms with E-state index < -0.39 is 0 Å². The summed E-state index contributed by atoms with van der Waals surface area (Å²) in [6, 6.07) is 7.78. The van der Waals surface area contributed by atoms with E-state index in [1.807, 2.05) is 45.0 Å². The van der Waals surface area contributed by atoms with Gasteiger partial charge in [-0.15, -0.1) is 0 Å². The van der Waals surface area contributed by atoms with Crippen molar-refractivity contribution in [3.63, 3.8) is 0 Å². The van der Waals surface area contributed by atoms with Crippen molar-refractivity contribution in [1.82, 2.24) is 5.32 Å². The Balaban J connectivity index is 2.51. The topological polar surface area (TPSA) is 47.6 Å². The fourth-order valence-electron chi connectivity index (χ4n) is 2.02. The molecule has 0 saturated carbocycles. The van der Waals surface area contributed by atoms with Crippen LogP contribution in [0.4, 0.5) is 0 Å². The lowest BCUT2D eigenvalue weighted by Crippen LogP contribution is -2.38. The largest absolute Gasteiger partial charge is 0.494 e. The van der Waals surface area contributed by atoms with Crippen LogP contribution < -0.4 is 10.1 Å². The van der Waals surface area contributed by atoms with Crippen molar-refractivity contribution in [2.24, 2.45) is 0 Å². The van der Waals surface area contributed by atoms with Gasteiger partial charge in [-0.25, -0.2) is 0 Å². The molecule has 0 aromatic heterocycles. The first-order chi connectivity index (χ1) is 9.71. The van der Waals surface area contributed by atoms with Gasteiger partial charge in [-0.05, 0) is 50.9 Å². The highest BCUT2D eigenvalue weighted by molar-refractivity contribution is 5.75. The number of carbonyl (C=O) groups is 1. The van der Waals surface area contributed by atoms with Gasteiger partial charge in [-0.2, -0.15) is 0 Å². The molecule has 1 aromatic rings. The van der Waals surface area contributed by atoms with Crippen LogP contribution in [0.15, 0.2) is 24.3 Å². The maximum Gasteiger partial charge on any atom is 0.323 e. The van der Waals surface area contributed by atoms with Gasteiger partial charge >= 0.3 is 5.97 Å². The first-order valence-electron chi connectivity index (χ1n) is 7.33. The zero-order chi connectivity index (χ0) is 14.8. The summed E-state index contributed by atoms with van der Waals surface area (Å²) in [6.45, 7) is 7.63. The number of benzene rings is 1. The maximum absolute atomic E-state index is 11.8. The van der Waals surface area contributed by atoms with E-state index in [-0.39, 0.29) is 12.0 Å². The molecule has 0 saturated heterocycles. The molecule has 0 aliphatic carbocycles. The summed E-state index contributed by atoms with van der Waals surface area (Å²) >= 11 is 0. The molecule has 1 aromatic carbocycles. The van der Waals surface area contributed by atoms with E-state index in [1.165, 1.54) is 5.56 Å². The zero-order valence-electron chi connectivity index (χ0n) is 12.6. The molecule has 0 aliphatic heterocycles. The minimum atomic E-state index is -0.230. The molecular formula is C16H25NO3. The highest BCUT2D eigenvalue weighted by Crippen LogP contribution is 2.14. The Labute approximate surface area is 121 Å². The molecule has 112 valence electrons. The molecule has 1 rings (SSSR count). The van der Waals surface area contributed by atoms with Crippen LogP contribution in [0.25, 0.3) is 0 Å². The fraction of sp³-hybridized carbons (Fsp3) is 0.562. The lowest BCUT2D eigenvalue weighted by atomic mass is 10.1. The van der Waals surface area contributed by atoms with Crippen molar-refractivity contribution in [2.75, 3.05) is 19.8 Å². The second-order valence-corrected chi connectivity index (χ2v) is 4.48. The van der Waals surface area contributed by atoms with E-state index >= 15 is 0 Å². The van der Waals surface area contributed by atoms with Crippen LogP contribution >= 0.6 is 0 Å². The SMILES string of the molecule is CCN[C@@H](CCc1ccc(OCC)cc1)C(=O)OCC. The van der Waals surface area contributed by atoms with E-state index in [4.69, 9.17) is 9.47 Å². The minimum Gasteiger partial charge on any atom is -0.494 e. The van der Waals surface area contributed by atoms with Crippen LogP contribution in [0.5, 0.6) is 5.75 Å². The number of nitrogens with one attached hydrogen (secondary N) is 1. The Hall–Kier alpha value is -1.55. The number of aryl methyl sites for hydroxylation is 1. The molecule has 0 unspecified atom stereocenters. The van der Waals surface area contributed by atoms with Gasteiger partial charge in [0.05, 0.1) is 13.2 Å². The molecule has 0 heterocycles. The summed E-state index contributed by atoms with van der Waals surface area (Å²) in [5.41, 5.74) is 1.20. The molecule has 1 atom stereocenters. The third kappa shape index (κ3) is 5.61. The molecule has 0 fully saturated rings. The van der Waals surface area contributed by atoms with E-state index in [0.29, 0.717) is 13.2 Å². The van der Waals surface area contributed by atoms with Crippen LogP contribution in [0.2, 0.25) is 0 Å². The van der Waals surface area contributed by atoms with Crippen molar-refractivity contribution < 1.29 is 14.3 Å². The standard InChI is InChI=1S/C16H25NO3/c1-4-17-15(16(18)20-6-3)12-9-13-7-10-14(11-8-13)19-5-2/h7-8,10-11,15,17H,4-6,9,12H2,1-3H3/t15-/m0/s1. The highest BCUT2D eigenvalue weighted by Gasteiger charge is 2.18. The van der Waals surface area contributed by atoms with E-state index in [1.54, 1.807) is 0 Å². The van der Waals surface area contributed by atoms with Crippen LogP contribution in [-0.2, 0) is 16.0 Å². The fourth-order valence-corrected chi connectivity index (χ4v) is 2.02. The number of esters is 1. The third-order valence-electron chi connectivity index (χ3n) is 2.98. The molecule has 1 N–H and O–H groups in total. The summed E-state index contributed by atoms with van der Waals surface area (Å²) < 4.78 is 10.5. The predicted molar refractivity (Wildman–Crippen MR) is 80.0 cm³/mol. The smallest absolute Gasteiger partial charge is 0.323 e. The molecular weight excluding hydrogens is 254 g/mol. The summed E-state index contributed by atoms with van der Waals surface area (Å²) in [5, 5.41) is 3.17. The summed E-state index contributed by atoms with van der Waals surface area (Å²) in [4.78, 5) is 11.8. The lowest BCUT2D eigenvalue weighted by molar-refractivity contribution is -0.145. The van der Waals surface area contributed by atoms with Crippen molar-refractivity contribution >= 4 is 5.97 Å². The number of rotatable bonds is 9. The van der Waals surface area contributed by atoms with Crippen LogP contribution in [0.3, 0.4) is 0 Å². The van der Waals surface area contributed by atoms with Crippen LogP contribution in [-0.4, -0.2) is 31.8 Å². The Bertz CT molecular complexity index is 389. The number of likely N-dealkylation sites (N-methyl/N-ethyl adjacent to an activating group) is 1. The van der Waals surface area contributed by atoms with Gasteiger partial charge < -0.3 is 14.8 Å². The van der Waals surface area contributed by atoms with Crippen LogP contribution in [0, 0.1) is 0 Å². The van der Waals surface area contributed by atoms with Gasteiger partial charge in [0.15, 0.2) is 0 Å². The predicted octanol–water partition coefficient (Wildman–Crippen LogP) is 2.56. The number of carbonyl (C=O) groups excluding carboxylic acids is 1. The number of hydrogen-bond acceptors (Lipinski definition) is 4. The average molecular weight is 279 g/mol. The molecule has 0 aliphatic rings. The lowest BCUT2D eigenvalue weighted by Gasteiger charge is -2.16. The number of ether oxygens (including phenoxy) is 2. The van der Waals surface area contributed by atoms with Crippen LogP contribution in [0.1, 0.15) is 32.8 Å². The van der Waals surface area contributed by atoms with E-state index in [2.05, 4.69) is 5.32 Å². The van der Waals surface area contributed by atoms with Gasteiger partial charge in [0.1, 0.15) is 11.8 Å². The minimum absolute atomic E-state index is 0.166. The van der Waals surface area contributed by atoms with E-state index in [0.717, 1.165) is 25.1 Å². The monoisotopic (exact) mass is 279 g/mol. The first-order valence-corrected chi connectivity index (χ1v) is 7.33. The molecule has 4 heteroatoms. The molecule has 0 bridgehead atoms. The first kappa shape index (κ1) is 16.5. The Kier molecular flexibility index (Phi) is 7.73. The molecule has 0 radical (unpaired) electrons. The Morgan fingerprint density at radius 1 is 1.15 bits per heavy atom. The van der Waals surface area contributed by atoms with Crippen molar-refractivity contribution in [3.05, 3.63) is 29.8 Å². The summed E-state index contributed by atoms with van der Waals surface area (Å²) in [7, 11) is 0. The van der Waals surface area contributed by atoms with Gasteiger partial charge in [0, 0.05) is 0 Å². The van der Waals surface area contributed by atoms with Crippen molar-refractivity contribution in [3.8, 4) is 5.75 Å². The second kappa shape index (κ2) is 9.37. The van der Waals surface area contributed by atoms with E-state index in [9.17, 15) is 4.79 Å². The van der Waals surface area contributed by atoms with Crippen molar-refractivity contribution in [2.45, 2.75) is 39.7 Å². The molecule has 0 spiro atoms. The van der Waals surface area contributed by atoms with Gasteiger partial charge in [-0.1, -0.05) is 19.1 Å². The average Bonchev–Trinajstić information content (AvgIpc) is 2.45. The Morgan fingerprint density at radius 3 is 2.40 bits per heavy atom.